The Balaban J connectivity index is 1.81. The van der Waals surface area contributed by atoms with Gasteiger partial charge in [0.05, 0.1) is 38.8 Å². The molecule has 2 aromatic rings. The molecule has 1 atom stereocenters. The average Bonchev–Trinajstić information content (AvgIpc) is 3.00. The van der Waals surface area contributed by atoms with Crippen LogP contribution in [0.5, 0.6) is 0 Å². The fourth-order valence-electron chi connectivity index (χ4n) is 4.69. The van der Waals surface area contributed by atoms with Crippen molar-refractivity contribution in [3.8, 4) is 0 Å². The minimum absolute atomic E-state index is 0.0570. The lowest BCUT2D eigenvalue weighted by atomic mass is 10.0. The van der Waals surface area contributed by atoms with Gasteiger partial charge in [0.15, 0.2) is 5.78 Å². The number of nitrogens with zero attached hydrogens (tertiary/aromatic N) is 3. The third-order valence-electron chi connectivity index (χ3n) is 7.28. The SMILES string of the molecule is CN(CCN(CCN(CC(=O)O)CC(=O)O)CC(=O)CCc1ccc(COCC(=O)[C@@H](N)CCc2ccccc2)cc1)CC(=O)O. The Hall–Kier alpha value is -4.01. The van der Waals surface area contributed by atoms with Gasteiger partial charge in [-0.25, -0.2) is 0 Å². The summed E-state index contributed by atoms with van der Waals surface area (Å²) >= 11 is 0. The van der Waals surface area contributed by atoms with E-state index in [0.29, 0.717) is 25.9 Å². The van der Waals surface area contributed by atoms with Crippen molar-refractivity contribution in [1.29, 1.82) is 0 Å². The van der Waals surface area contributed by atoms with Crippen molar-refractivity contribution in [2.45, 2.75) is 38.3 Å². The summed E-state index contributed by atoms with van der Waals surface area (Å²) in [7, 11) is 1.64. The Labute approximate surface area is 269 Å². The molecular formula is C33H46N4O9. The van der Waals surface area contributed by atoms with Crippen LogP contribution < -0.4 is 5.73 Å². The van der Waals surface area contributed by atoms with Crippen LogP contribution in [0.4, 0.5) is 0 Å². The van der Waals surface area contributed by atoms with Gasteiger partial charge >= 0.3 is 17.9 Å². The Bertz CT molecular complexity index is 1240. The van der Waals surface area contributed by atoms with Gasteiger partial charge in [-0.15, -0.1) is 0 Å². The molecule has 0 aliphatic carbocycles. The lowest BCUT2D eigenvalue weighted by molar-refractivity contribution is -0.142. The molecule has 0 unspecified atom stereocenters. The standard InChI is InChI=1S/C33H46N4O9/c1-35(20-31(40)41)15-16-36(17-18-37(21-32(42)43)22-33(44)45)19-28(38)13-11-26-7-9-27(10-8-26)23-46-24-30(39)29(34)14-12-25-5-3-2-4-6-25/h2-10,29H,11-24,34H2,1H3,(H,40,41)(H,42,43)(H,44,45)/t29-/m0/s1. The summed E-state index contributed by atoms with van der Waals surface area (Å²) in [5.74, 6) is -3.50. The van der Waals surface area contributed by atoms with Gasteiger partial charge in [-0.2, -0.15) is 0 Å². The smallest absolute Gasteiger partial charge is 0.317 e. The molecule has 5 N–H and O–H groups in total. The second-order valence-corrected chi connectivity index (χ2v) is 11.4. The maximum absolute atomic E-state index is 12.9. The summed E-state index contributed by atoms with van der Waals surface area (Å²) in [4.78, 5) is 63.2. The second-order valence-electron chi connectivity index (χ2n) is 11.4. The van der Waals surface area contributed by atoms with Crippen molar-refractivity contribution >= 4 is 29.5 Å². The van der Waals surface area contributed by atoms with Crippen LogP contribution in [-0.2, 0) is 48.2 Å². The van der Waals surface area contributed by atoms with Gasteiger partial charge in [0.2, 0.25) is 0 Å². The van der Waals surface area contributed by atoms with Crippen molar-refractivity contribution in [3.63, 3.8) is 0 Å². The van der Waals surface area contributed by atoms with E-state index in [4.69, 9.17) is 25.8 Å². The Morgan fingerprint density at radius 2 is 1.24 bits per heavy atom. The van der Waals surface area contributed by atoms with Crippen LogP contribution in [0.2, 0.25) is 0 Å². The molecule has 0 spiro atoms. The molecule has 0 heterocycles. The highest BCUT2D eigenvalue weighted by molar-refractivity contribution is 5.85. The molecule has 0 saturated heterocycles. The van der Waals surface area contributed by atoms with Crippen LogP contribution >= 0.6 is 0 Å². The molecule has 0 aliphatic rings. The van der Waals surface area contributed by atoms with E-state index < -0.39 is 37.0 Å². The van der Waals surface area contributed by atoms with E-state index in [2.05, 4.69) is 0 Å². The Morgan fingerprint density at radius 1 is 0.696 bits per heavy atom. The number of carboxylic acid groups (broad SMARTS) is 3. The van der Waals surface area contributed by atoms with Crippen LogP contribution in [0.3, 0.4) is 0 Å². The monoisotopic (exact) mass is 642 g/mol. The molecule has 0 aromatic heterocycles. The number of likely N-dealkylation sites (N-methyl/N-ethyl adjacent to an activating group) is 1. The van der Waals surface area contributed by atoms with Gasteiger partial charge in [0, 0.05) is 32.6 Å². The Morgan fingerprint density at radius 3 is 1.85 bits per heavy atom. The van der Waals surface area contributed by atoms with Gasteiger partial charge in [-0.1, -0.05) is 54.6 Å². The molecule has 252 valence electrons. The number of hydrogen-bond acceptors (Lipinski definition) is 10. The number of nitrogens with two attached hydrogens (primary N) is 1. The molecule has 46 heavy (non-hydrogen) atoms. The van der Waals surface area contributed by atoms with E-state index in [0.717, 1.165) is 23.1 Å². The van der Waals surface area contributed by atoms with E-state index in [-0.39, 0.29) is 57.4 Å². The molecule has 2 rings (SSSR count). The van der Waals surface area contributed by atoms with E-state index >= 15 is 0 Å². The van der Waals surface area contributed by atoms with Gasteiger partial charge in [0.25, 0.3) is 0 Å². The highest BCUT2D eigenvalue weighted by atomic mass is 16.5. The molecular weight excluding hydrogens is 596 g/mol. The molecule has 0 bridgehead atoms. The largest absolute Gasteiger partial charge is 0.480 e. The number of rotatable bonds is 25. The number of aryl methyl sites for hydroxylation is 2. The Kier molecular flexibility index (Phi) is 17.4. The second kappa shape index (κ2) is 20.9. The quantitative estimate of drug-likeness (QED) is 0.120. The number of carboxylic acids is 3. The minimum atomic E-state index is -1.16. The predicted molar refractivity (Wildman–Crippen MR) is 170 cm³/mol. The lowest BCUT2D eigenvalue weighted by Crippen LogP contribution is -2.44. The molecule has 2 aromatic carbocycles. The zero-order valence-electron chi connectivity index (χ0n) is 26.4. The number of benzene rings is 2. The number of carbonyl (C=O) groups is 5. The topological polar surface area (TPSA) is 191 Å². The summed E-state index contributed by atoms with van der Waals surface area (Å²) in [6, 6.07) is 16.8. The average molecular weight is 643 g/mol. The molecule has 0 amide bonds. The summed E-state index contributed by atoms with van der Waals surface area (Å²) in [6.45, 7) is 0.214. The number of hydrogen-bond donors (Lipinski definition) is 4. The van der Waals surface area contributed by atoms with Gasteiger partial charge < -0.3 is 25.8 Å². The molecule has 13 nitrogen and oxygen atoms in total. The number of Topliss-reactive ketones (excluding diaryl/α,β-unsaturated/α-hetero) is 2. The van der Waals surface area contributed by atoms with E-state index in [1.165, 1.54) is 4.90 Å². The number of carbonyl (C=O) groups excluding carboxylic acids is 2. The number of ether oxygens (including phenoxy) is 1. The number of aliphatic carboxylic acids is 3. The van der Waals surface area contributed by atoms with Crippen molar-refractivity contribution in [1.82, 2.24) is 14.7 Å². The molecule has 0 saturated carbocycles. The third kappa shape index (κ3) is 16.9. The van der Waals surface area contributed by atoms with Crippen LogP contribution in [0, 0.1) is 0 Å². The first-order valence-electron chi connectivity index (χ1n) is 15.2. The summed E-state index contributed by atoms with van der Waals surface area (Å²) in [6.07, 6.45) is 2.01. The minimum Gasteiger partial charge on any atom is -0.480 e. The molecule has 0 radical (unpaired) electrons. The fourth-order valence-corrected chi connectivity index (χ4v) is 4.69. The zero-order chi connectivity index (χ0) is 33.9. The van der Waals surface area contributed by atoms with E-state index in [1.54, 1.807) is 16.8 Å². The molecule has 0 aliphatic heterocycles. The van der Waals surface area contributed by atoms with Gasteiger partial charge in [-0.3, -0.25) is 38.7 Å². The van der Waals surface area contributed by atoms with E-state index in [9.17, 15) is 24.0 Å². The zero-order valence-corrected chi connectivity index (χ0v) is 26.4. The summed E-state index contributed by atoms with van der Waals surface area (Å²) < 4.78 is 5.59. The van der Waals surface area contributed by atoms with Crippen LogP contribution in [0.1, 0.15) is 29.5 Å². The van der Waals surface area contributed by atoms with Crippen molar-refractivity contribution in [3.05, 3.63) is 71.3 Å². The maximum Gasteiger partial charge on any atom is 0.317 e. The van der Waals surface area contributed by atoms with Crippen LogP contribution in [0.15, 0.2) is 54.6 Å². The van der Waals surface area contributed by atoms with Crippen LogP contribution in [0.25, 0.3) is 0 Å². The highest BCUT2D eigenvalue weighted by Crippen LogP contribution is 2.10. The first-order chi connectivity index (χ1) is 21.9. The van der Waals surface area contributed by atoms with Gasteiger partial charge in [0.1, 0.15) is 12.4 Å². The van der Waals surface area contributed by atoms with Gasteiger partial charge in [-0.05, 0) is 43.0 Å². The van der Waals surface area contributed by atoms with Crippen molar-refractivity contribution < 1.29 is 44.0 Å². The highest BCUT2D eigenvalue weighted by Gasteiger charge is 2.18. The summed E-state index contributed by atoms with van der Waals surface area (Å²) in [5.41, 5.74) is 8.99. The maximum atomic E-state index is 12.9. The lowest BCUT2D eigenvalue weighted by Gasteiger charge is -2.27. The number of ketones is 2. The molecule has 0 fully saturated rings. The normalized spacial score (nSPS) is 12.0. The van der Waals surface area contributed by atoms with Crippen molar-refractivity contribution in [2.75, 3.05) is 66.0 Å². The predicted octanol–water partition coefficient (Wildman–Crippen LogP) is 1.02. The first-order valence-corrected chi connectivity index (χ1v) is 15.2. The fraction of sp³-hybridized carbons (Fsp3) is 0.485. The van der Waals surface area contributed by atoms with Crippen molar-refractivity contribution in [2.24, 2.45) is 5.73 Å². The first kappa shape index (κ1) is 38.2. The van der Waals surface area contributed by atoms with Crippen LogP contribution in [-0.4, -0.2) is 132 Å². The third-order valence-corrected chi connectivity index (χ3v) is 7.28. The molecule has 13 heteroatoms. The van der Waals surface area contributed by atoms with E-state index in [1.807, 2.05) is 54.6 Å². The summed E-state index contributed by atoms with van der Waals surface area (Å²) in [5, 5.41) is 27.2.